The molecule has 28 heavy (non-hydrogen) atoms. The Balaban J connectivity index is 1.68. The largest absolute Gasteiger partial charge is 0.467 e. The van der Waals surface area contributed by atoms with Gasteiger partial charge >= 0.3 is 0 Å². The predicted octanol–water partition coefficient (Wildman–Crippen LogP) is 5.54. The maximum absolute atomic E-state index is 13.2. The zero-order chi connectivity index (χ0) is 19.5. The van der Waals surface area contributed by atoms with E-state index in [4.69, 9.17) is 9.40 Å². The molecule has 2 aromatic carbocycles. The average Bonchev–Trinajstić information content (AvgIpc) is 3.36. The molecule has 0 bridgehead atoms. The van der Waals surface area contributed by atoms with E-state index in [0.29, 0.717) is 18.1 Å². The molecular weight excluding hydrogens is 368 g/mol. The van der Waals surface area contributed by atoms with Crippen LogP contribution in [0.4, 0.5) is 5.13 Å². The first kappa shape index (κ1) is 18.4. The van der Waals surface area contributed by atoms with E-state index in [9.17, 15) is 4.79 Å². The molecule has 4 aromatic rings. The molecule has 0 atom stereocenters. The molecule has 1 amide bonds. The van der Waals surface area contributed by atoms with Crippen molar-refractivity contribution in [1.29, 1.82) is 0 Å². The minimum absolute atomic E-state index is 0.0114. The Morgan fingerprint density at radius 1 is 1.11 bits per heavy atom. The van der Waals surface area contributed by atoms with Crippen molar-refractivity contribution in [3.05, 3.63) is 83.3 Å². The number of carbonyl (C=O) groups is 1. The van der Waals surface area contributed by atoms with Crippen LogP contribution in [0.2, 0.25) is 0 Å². The van der Waals surface area contributed by atoms with Gasteiger partial charge in [-0.1, -0.05) is 60.2 Å². The summed E-state index contributed by atoms with van der Waals surface area (Å²) in [7, 11) is 0. The smallest absolute Gasteiger partial charge is 0.233 e. The molecule has 0 radical (unpaired) electrons. The summed E-state index contributed by atoms with van der Waals surface area (Å²) < 4.78 is 6.60. The summed E-state index contributed by atoms with van der Waals surface area (Å²) in [5, 5.41) is 0.712. The number of aryl methyl sites for hydroxylation is 2. The molecule has 2 heterocycles. The normalized spacial score (nSPS) is 11.1. The van der Waals surface area contributed by atoms with E-state index in [1.54, 1.807) is 22.5 Å². The molecule has 2 aromatic heterocycles. The lowest BCUT2D eigenvalue weighted by Crippen LogP contribution is -2.31. The summed E-state index contributed by atoms with van der Waals surface area (Å²) in [4.78, 5) is 19.8. The fourth-order valence-electron chi connectivity index (χ4n) is 3.19. The van der Waals surface area contributed by atoms with Crippen molar-refractivity contribution in [2.45, 2.75) is 33.2 Å². The topological polar surface area (TPSA) is 46.3 Å². The first-order chi connectivity index (χ1) is 13.6. The Kier molecular flexibility index (Phi) is 5.26. The van der Waals surface area contributed by atoms with Gasteiger partial charge in [-0.05, 0) is 42.7 Å². The minimum atomic E-state index is 0.0114. The number of furan rings is 1. The van der Waals surface area contributed by atoms with E-state index in [-0.39, 0.29) is 5.91 Å². The number of hydrogen-bond acceptors (Lipinski definition) is 4. The Labute approximate surface area is 168 Å². The molecular formula is C23H22N2O2S. The van der Waals surface area contributed by atoms with Gasteiger partial charge in [0, 0.05) is 0 Å². The molecule has 0 aliphatic heterocycles. The lowest BCUT2D eigenvalue weighted by Gasteiger charge is -2.19. The van der Waals surface area contributed by atoms with Gasteiger partial charge in [0.1, 0.15) is 5.76 Å². The first-order valence-electron chi connectivity index (χ1n) is 9.40. The third-order valence-electron chi connectivity index (χ3n) is 4.77. The number of benzene rings is 2. The van der Waals surface area contributed by atoms with Gasteiger partial charge in [-0.2, -0.15) is 0 Å². The molecule has 142 valence electrons. The van der Waals surface area contributed by atoms with Crippen LogP contribution in [0.1, 0.15) is 29.4 Å². The van der Waals surface area contributed by atoms with Gasteiger partial charge < -0.3 is 4.42 Å². The summed E-state index contributed by atoms with van der Waals surface area (Å²) in [6, 6.07) is 18.0. The number of amides is 1. The molecule has 0 aliphatic rings. The third kappa shape index (κ3) is 3.85. The SMILES string of the molecule is CCc1cccc2sc(N(Cc3ccco3)C(=O)Cc3ccc(C)cc3)nc12. The van der Waals surface area contributed by atoms with E-state index in [2.05, 4.69) is 19.1 Å². The number of thiazole rings is 1. The summed E-state index contributed by atoms with van der Waals surface area (Å²) in [6.07, 6.45) is 2.87. The van der Waals surface area contributed by atoms with Crippen LogP contribution in [0, 0.1) is 6.92 Å². The van der Waals surface area contributed by atoms with E-state index in [1.807, 2.05) is 49.4 Å². The van der Waals surface area contributed by atoms with E-state index in [0.717, 1.165) is 28.0 Å². The standard InChI is InChI=1S/C23H22N2O2S/c1-3-18-6-4-8-20-22(18)24-23(28-20)25(15-19-7-5-13-27-19)21(26)14-17-11-9-16(2)10-12-17/h4-13H,3,14-15H2,1-2H3. The second-order valence-corrected chi connectivity index (χ2v) is 7.84. The van der Waals surface area contributed by atoms with Crippen LogP contribution in [-0.4, -0.2) is 10.9 Å². The Morgan fingerprint density at radius 3 is 2.64 bits per heavy atom. The van der Waals surface area contributed by atoms with Crippen molar-refractivity contribution in [2.24, 2.45) is 0 Å². The van der Waals surface area contributed by atoms with Gasteiger partial charge in [-0.3, -0.25) is 9.69 Å². The van der Waals surface area contributed by atoms with Crippen LogP contribution in [0.15, 0.2) is 65.3 Å². The zero-order valence-electron chi connectivity index (χ0n) is 16.0. The number of nitrogens with zero attached hydrogens (tertiary/aromatic N) is 2. The highest BCUT2D eigenvalue weighted by Crippen LogP contribution is 2.32. The van der Waals surface area contributed by atoms with Gasteiger partial charge in [0.05, 0.1) is 29.4 Å². The fourth-order valence-corrected chi connectivity index (χ4v) is 4.22. The molecule has 0 aliphatic carbocycles. The molecule has 5 heteroatoms. The lowest BCUT2D eigenvalue weighted by atomic mass is 10.1. The summed E-state index contributed by atoms with van der Waals surface area (Å²) in [5.41, 5.74) is 4.36. The molecule has 4 rings (SSSR count). The fraction of sp³-hybridized carbons (Fsp3) is 0.217. The van der Waals surface area contributed by atoms with Crippen molar-refractivity contribution < 1.29 is 9.21 Å². The molecule has 0 saturated carbocycles. The quantitative estimate of drug-likeness (QED) is 0.434. The van der Waals surface area contributed by atoms with Crippen LogP contribution in [0.5, 0.6) is 0 Å². The number of carbonyl (C=O) groups excluding carboxylic acids is 1. The molecule has 0 N–H and O–H groups in total. The highest BCUT2D eigenvalue weighted by atomic mass is 32.1. The Morgan fingerprint density at radius 2 is 1.93 bits per heavy atom. The van der Waals surface area contributed by atoms with Crippen LogP contribution in [0.25, 0.3) is 10.2 Å². The number of fused-ring (bicyclic) bond motifs is 1. The van der Waals surface area contributed by atoms with Crippen LogP contribution in [0.3, 0.4) is 0 Å². The maximum atomic E-state index is 13.2. The molecule has 4 nitrogen and oxygen atoms in total. The van der Waals surface area contributed by atoms with Crippen LogP contribution < -0.4 is 4.90 Å². The number of para-hydroxylation sites is 1. The second kappa shape index (κ2) is 7.98. The van der Waals surface area contributed by atoms with Crippen molar-refractivity contribution in [3.8, 4) is 0 Å². The Bertz CT molecular complexity index is 1080. The van der Waals surface area contributed by atoms with Gasteiger partial charge in [0.2, 0.25) is 5.91 Å². The van der Waals surface area contributed by atoms with Gasteiger partial charge in [0.15, 0.2) is 5.13 Å². The van der Waals surface area contributed by atoms with Crippen LogP contribution in [-0.2, 0) is 24.2 Å². The third-order valence-corrected chi connectivity index (χ3v) is 5.82. The highest BCUT2D eigenvalue weighted by molar-refractivity contribution is 7.22. The average molecular weight is 391 g/mol. The van der Waals surface area contributed by atoms with Crippen molar-refractivity contribution in [3.63, 3.8) is 0 Å². The van der Waals surface area contributed by atoms with Crippen LogP contribution >= 0.6 is 11.3 Å². The zero-order valence-corrected chi connectivity index (χ0v) is 16.8. The monoisotopic (exact) mass is 390 g/mol. The molecule has 0 saturated heterocycles. The number of rotatable bonds is 6. The molecule has 0 fully saturated rings. The number of hydrogen-bond donors (Lipinski definition) is 0. The van der Waals surface area contributed by atoms with E-state index in [1.165, 1.54) is 11.1 Å². The van der Waals surface area contributed by atoms with Crippen molar-refractivity contribution in [2.75, 3.05) is 4.90 Å². The van der Waals surface area contributed by atoms with Gasteiger partial charge in [-0.15, -0.1) is 0 Å². The number of anilines is 1. The summed E-state index contributed by atoms with van der Waals surface area (Å²) in [6.45, 7) is 4.54. The van der Waals surface area contributed by atoms with Crippen molar-refractivity contribution in [1.82, 2.24) is 4.98 Å². The van der Waals surface area contributed by atoms with Gasteiger partial charge in [0.25, 0.3) is 0 Å². The maximum Gasteiger partial charge on any atom is 0.233 e. The van der Waals surface area contributed by atoms with E-state index < -0.39 is 0 Å². The highest BCUT2D eigenvalue weighted by Gasteiger charge is 2.22. The second-order valence-electron chi connectivity index (χ2n) is 6.84. The van der Waals surface area contributed by atoms with E-state index >= 15 is 0 Å². The minimum Gasteiger partial charge on any atom is -0.467 e. The van der Waals surface area contributed by atoms with Crippen molar-refractivity contribution >= 4 is 32.6 Å². The Hall–Kier alpha value is -2.92. The van der Waals surface area contributed by atoms with Gasteiger partial charge in [-0.25, -0.2) is 4.98 Å². The number of aromatic nitrogens is 1. The predicted molar refractivity (Wildman–Crippen MR) is 114 cm³/mol. The molecule has 0 unspecified atom stereocenters. The summed E-state index contributed by atoms with van der Waals surface area (Å²) >= 11 is 1.55. The summed E-state index contributed by atoms with van der Waals surface area (Å²) in [5.74, 6) is 0.754. The first-order valence-corrected chi connectivity index (χ1v) is 10.2. The molecule has 0 spiro atoms. The lowest BCUT2D eigenvalue weighted by molar-refractivity contribution is -0.118.